The molecule has 5 nitrogen and oxygen atoms in total. The highest BCUT2D eigenvalue weighted by Gasteiger charge is 2.13. The third kappa shape index (κ3) is 4.12. The first-order valence-electron chi connectivity index (χ1n) is 4.46. The van der Waals surface area contributed by atoms with Crippen LogP contribution in [0.15, 0.2) is 12.4 Å². The summed E-state index contributed by atoms with van der Waals surface area (Å²) in [5.41, 5.74) is 5.17. The molecule has 0 aromatic rings. The van der Waals surface area contributed by atoms with Gasteiger partial charge in [0.1, 0.15) is 0 Å². The van der Waals surface area contributed by atoms with Gasteiger partial charge in [0.15, 0.2) is 6.29 Å². The lowest BCUT2D eigenvalue weighted by molar-refractivity contribution is -0.182. The Bertz CT molecular complexity index is 157. The summed E-state index contributed by atoms with van der Waals surface area (Å²) < 4.78 is 10.7. The number of hydrogen-bond donors (Lipinski definition) is 2. The van der Waals surface area contributed by atoms with E-state index in [1.807, 2.05) is 0 Å². The van der Waals surface area contributed by atoms with Gasteiger partial charge in [0.05, 0.1) is 13.2 Å². The van der Waals surface area contributed by atoms with Gasteiger partial charge in [-0.05, 0) is 6.42 Å². The first-order chi connectivity index (χ1) is 6.33. The molecule has 1 rings (SSSR count). The van der Waals surface area contributed by atoms with Crippen LogP contribution in [0.1, 0.15) is 12.8 Å². The van der Waals surface area contributed by atoms with Crippen LogP contribution in [0.3, 0.4) is 0 Å². The predicted molar refractivity (Wildman–Crippen MR) is 49.1 cm³/mol. The van der Waals surface area contributed by atoms with E-state index in [1.54, 1.807) is 6.20 Å². The molecule has 0 aromatic carbocycles. The molecule has 0 amide bonds. The van der Waals surface area contributed by atoms with Crippen LogP contribution < -0.4 is 11.6 Å². The largest absolute Gasteiger partial charge is 0.403 e. The Hall–Kier alpha value is -0.780. The molecule has 13 heavy (non-hydrogen) atoms. The van der Waals surface area contributed by atoms with Gasteiger partial charge < -0.3 is 20.2 Å². The molecule has 0 bridgehead atoms. The molecule has 4 N–H and O–H groups in total. The zero-order valence-corrected chi connectivity index (χ0v) is 7.69. The van der Waals surface area contributed by atoms with Gasteiger partial charge in [-0.3, -0.25) is 0 Å². The molecule has 0 aromatic heterocycles. The first-order valence-corrected chi connectivity index (χ1v) is 4.46. The summed E-state index contributed by atoms with van der Waals surface area (Å²) in [6.45, 7) is 2.24. The molecule has 1 saturated heterocycles. The van der Waals surface area contributed by atoms with E-state index < -0.39 is 0 Å². The number of hydrogen-bond acceptors (Lipinski definition) is 5. The Labute approximate surface area is 78.2 Å². The van der Waals surface area contributed by atoms with Crippen molar-refractivity contribution < 1.29 is 9.47 Å². The molecular formula is C8H17N3O2. The van der Waals surface area contributed by atoms with E-state index in [4.69, 9.17) is 21.1 Å². The van der Waals surface area contributed by atoms with Crippen LogP contribution >= 0.6 is 0 Å². The van der Waals surface area contributed by atoms with Crippen LogP contribution in [0, 0.1) is 0 Å². The average molecular weight is 187 g/mol. The van der Waals surface area contributed by atoms with Crippen LogP contribution in [0.5, 0.6) is 0 Å². The average Bonchev–Trinajstić information content (AvgIpc) is 2.17. The molecule has 0 radical (unpaired) electrons. The second-order valence-electron chi connectivity index (χ2n) is 2.89. The number of nitrogens with two attached hydrogens (primary N) is 2. The van der Waals surface area contributed by atoms with Gasteiger partial charge in [-0.25, -0.2) is 5.84 Å². The zero-order chi connectivity index (χ0) is 9.52. The number of ether oxygens (including phenoxy) is 2. The van der Waals surface area contributed by atoms with Crippen LogP contribution in [0.4, 0.5) is 0 Å². The maximum absolute atomic E-state index is 5.56. The second kappa shape index (κ2) is 5.80. The molecule has 76 valence electrons. The van der Waals surface area contributed by atoms with Crippen molar-refractivity contribution in [1.82, 2.24) is 5.01 Å². The van der Waals surface area contributed by atoms with E-state index in [2.05, 4.69) is 0 Å². The fourth-order valence-electron chi connectivity index (χ4n) is 1.14. The fourth-order valence-corrected chi connectivity index (χ4v) is 1.14. The highest BCUT2D eigenvalue weighted by Crippen LogP contribution is 2.08. The monoisotopic (exact) mass is 187 g/mol. The van der Waals surface area contributed by atoms with E-state index in [-0.39, 0.29) is 6.29 Å². The Morgan fingerprint density at radius 3 is 2.69 bits per heavy atom. The maximum atomic E-state index is 5.56. The quantitative estimate of drug-likeness (QED) is 0.469. The highest BCUT2D eigenvalue weighted by atomic mass is 16.7. The van der Waals surface area contributed by atoms with Crippen molar-refractivity contribution in [1.29, 1.82) is 0 Å². The Balaban J connectivity index is 2.09. The standard InChI is InChI=1S/C8H17N3O2/c9-3-5-11(10)4-2-8-12-6-1-7-13-8/h3,5,8H,1-2,4,6-7,9-10H2/b5-3-. The summed E-state index contributed by atoms with van der Waals surface area (Å²) in [6.07, 6.45) is 4.66. The summed E-state index contributed by atoms with van der Waals surface area (Å²) in [5.74, 6) is 5.56. The summed E-state index contributed by atoms with van der Waals surface area (Å²) in [6, 6.07) is 0. The molecule has 1 fully saturated rings. The minimum Gasteiger partial charge on any atom is -0.403 e. The lowest BCUT2D eigenvalue weighted by atomic mass is 10.3. The molecule has 0 saturated carbocycles. The lowest BCUT2D eigenvalue weighted by Gasteiger charge is -2.24. The Morgan fingerprint density at radius 1 is 1.38 bits per heavy atom. The second-order valence-corrected chi connectivity index (χ2v) is 2.89. The molecular weight excluding hydrogens is 170 g/mol. The third-order valence-electron chi connectivity index (χ3n) is 1.80. The topological polar surface area (TPSA) is 73.7 Å². The zero-order valence-electron chi connectivity index (χ0n) is 7.69. The number of hydrazine groups is 1. The number of rotatable bonds is 4. The summed E-state index contributed by atoms with van der Waals surface area (Å²) >= 11 is 0. The normalized spacial score (nSPS) is 19.5. The van der Waals surface area contributed by atoms with Crippen molar-refractivity contribution in [2.75, 3.05) is 19.8 Å². The van der Waals surface area contributed by atoms with Gasteiger partial charge in [0.25, 0.3) is 0 Å². The van der Waals surface area contributed by atoms with Gasteiger partial charge in [-0.2, -0.15) is 0 Å². The Morgan fingerprint density at radius 2 is 2.08 bits per heavy atom. The van der Waals surface area contributed by atoms with E-state index in [1.165, 1.54) is 11.2 Å². The van der Waals surface area contributed by atoms with Crippen LogP contribution in [0.25, 0.3) is 0 Å². The number of nitrogens with zero attached hydrogens (tertiary/aromatic N) is 1. The van der Waals surface area contributed by atoms with Crippen molar-refractivity contribution in [3.05, 3.63) is 12.4 Å². The summed E-state index contributed by atoms with van der Waals surface area (Å²) in [4.78, 5) is 0. The minimum atomic E-state index is -0.106. The minimum absolute atomic E-state index is 0.106. The maximum Gasteiger partial charge on any atom is 0.159 e. The molecule has 1 heterocycles. The van der Waals surface area contributed by atoms with Gasteiger partial charge in [0, 0.05) is 25.4 Å². The van der Waals surface area contributed by atoms with Gasteiger partial charge in [0.2, 0.25) is 0 Å². The van der Waals surface area contributed by atoms with Crippen molar-refractivity contribution in [3.8, 4) is 0 Å². The van der Waals surface area contributed by atoms with Gasteiger partial charge in [-0.1, -0.05) is 0 Å². The van der Waals surface area contributed by atoms with Gasteiger partial charge >= 0.3 is 0 Å². The van der Waals surface area contributed by atoms with Crippen molar-refractivity contribution in [3.63, 3.8) is 0 Å². The van der Waals surface area contributed by atoms with Crippen molar-refractivity contribution in [2.24, 2.45) is 11.6 Å². The smallest absolute Gasteiger partial charge is 0.159 e. The third-order valence-corrected chi connectivity index (χ3v) is 1.80. The van der Waals surface area contributed by atoms with E-state index in [0.29, 0.717) is 6.54 Å². The van der Waals surface area contributed by atoms with Crippen molar-refractivity contribution >= 4 is 0 Å². The molecule has 5 heteroatoms. The first kappa shape index (κ1) is 10.3. The predicted octanol–water partition coefficient (Wildman–Crippen LogP) is -0.255. The SMILES string of the molecule is N/C=C\N(N)CCC1OCCCO1. The van der Waals surface area contributed by atoms with E-state index >= 15 is 0 Å². The fraction of sp³-hybridized carbons (Fsp3) is 0.750. The summed E-state index contributed by atoms with van der Waals surface area (Å²) in [5, 5.41) is 1.52. The van der Waals surface area contributed by atoms with Crippen LogP contribution in [-0.2, 0) is 9.47 Å². The molecule has 0 aliphatic carbocycles. The lowest BCUT2D eigenvalue weighted by Crippen LogP contribution is -2.32. The van der Waals surface area contributed by atoms with Crippen LogP contribution in [0.2, 0.25) is 0 Å². The van der Waals surface area contributed by atoms with Crippen molar-refractivity contribution in [2.45, 2.75) is 19.1 Å². The molecule has 0 unspecified atom stereocenters. The molecule has 0 atom stereocenters. The Kier molecular flexibility index (Phi) is 4.59. The highest BCUT2D eigenvalue weighted by molar-refractivity contribution is 4.73. The van der Waals surface area contributed by atoms with E-state index in [0.717, 1.165) is 26.1 Å². The molecule has 0 spiro atoms. The van der Waals surface area contributed by atoms with Crippen LogP contribution in [-0.4, -0.2) is 31.1 Å². The summed E-state index contributed by atoms with van der Waals surface area (Å²) in [7, 11) is 0. The molecule has 1 aliphatic heterocycles. The molecule has 1 aliphatic rings. The van der Waals surface area contributed by atoms with E-state index in [9.17, 15) is 0 Å². The van der Waals surface area contributed by atoms with Gasteiger partial charge in [-0.15, -0.1) is 0 Å².